The van der Waals surface area contributed by atoms with Crippen molar-refractivity contribution in [1.82, 2.24) is 0 Å². The fraction of sp³-hybridized carbons (Fsp3) is 0.200. The van der Waals surface area contributed by atoms with E-state index in [0.29, 0.717) is 22.2 Å². The van der Waals surface area contributed by atoms with E-state index in [1.807, 2.05) is 24.3 Å². The molecular formula is C15H13BrCl2OS. The molecule has 0 fully saturated rings. The summed E-state index contributed by atoms with van der Waals surface area (Å²) >= 11 is 17.1. The minimum Gasteiger partial charge on any atom is -0.392 e. The van der Waals surface area contributed by atoms with Gasteiger partial charge in [-0.3, -0.25) is 0 Å². The molecule has 0 saturated heterocycles. The minimum absolute atomic E-state index is 0.463. The highest BCUT2D eigenvalue weighted by Gasteiger charge is 2.10. The van der Waals surface area contributed by atoms with Crippen LogP contribution >= 0.6 is 50.9 Å². The van der Waals surface area contributed by atoms with Gasteiger partial charge in [-0.25, -0.2) is 0 Å². The highest BCUT2D eigenvalue weighted by Crippen LogP contribution is 2.25. The van der Waals surface area contributed by atoms with Gasteiger partial charge in [0.05, 0.1) is 6.10 Å². The molecule has 0 aliphatic carbocycles. The number of halogens is 3. The molecule has 2 aromatic rings. The molecule has 0 heterocycles. The first-order valence-corrected chi connectivity index (χ1v) is 8.58. The Morgan fingerprint density at radius 2 is 1.95 bits per heavy atom. The van der Waals surface area contributed by atoms with Crippen LogP contribution in [0, 0.1) is 0 Å². The van der Waals surface area contributed by atoms with E-state index in [-0.39, 0.29) is 0 Å². The lowest BCUT2D eigenvalue weighted by Crippen LogP contribution is -2.13. The number of rotatable bonds is 5. The molecule has 0 spiro atoms. The van der Waals surface area contributed by atoms with Crippen LogP contribution in [-0.4, -0.2) is 17.0 Å². The van der Waals surface area contributed by atoms with Crippen LogP contribution in [0.2, 0.25) is 10.0 Å². The minimum atomic E-state index is -0.463. The zero-order valence-electron chi connectivity index (χ0n) is 10.5. The largest absolute Gasteiger partial charge is 0.392 e. The van der Waals surface area contributed by atoms with Gasteiger partial charge in [0, 0.05) is 31.6 Å². The van der Waals surface area contributed by atoms with Crippen molar-refractivity contribution in [2.45, 2.75) is 17.4 Å². The van der Waals surface area contributed by atoms with Gasteiger partial charge in [-0.15, -0.1) is 11.8 Å². The van der Waals surface area contributed by atoms with Gasteiger partial charge in [0.1, 0.15) is 0 Å². The highest BCUT2D eigenvalue weighted by atomic mass is 79.9. The molecule has 1 N–H and O–H groups in total. The van der Waals surface area contributed by atoms with Crippen molar-refractivity contribution in [1.29, 1.82) is 0 Å². The molecule has 5 heteroatoms. The first kappa shape index (κ1) is 16.2. The zero-order chi connectivity index (χ0) is 14.5. The number of aliphatic hydroxyl groups is 1. The predicted octanol–water partition coefficient (Wildman–Crippen LogP) is 5.45. The normalized spacial score (nSPS) is 12.4. The summed E-state index contributed by atoms with van der Waals surface area (Å²) in [5.74, 6) is 0.610. The quantitative estimate of drug-likeness (QED) is 0.683. The van der Waals surface area contributed by atoms with E-state index in [0.717, 1.165) is 14.9 Å². The molecule has 106 valence electrons. The predicted molar refractivity (Wildman–Crippen MR) is 91.0 cm³/mol. The van der Waals surface area contributed by atoms with Gasteiger partial charge in [0.15, 0.2) is 0 Å². The number of thioether (sulfide) groups is 1. The number of hydrogen-bond donors (Lipinski definition) is 1. The van der Waals surface area contributed by atoms with Gasteiger partial charge in [0.2, 0.25) is 0 Å². The first-order valence-electron chi connectivity index (χ1n) is 6.05. The second-order valence-corrected chi connectivity index (χ2v) is 7.21. The SMILES string of the molecule is OC(CSc1cccc(Br)c1)Cc1cc(Cl)ccc1Cl. The third-order valence-electron chi connectivity index (χ3n) is 2.70. The molecule has 0 bridgehead atoms. The Labute approximate surface area is 141 Å². The van der Waals surface area contributed by atoms with Crippen LogP contribution in [0.3, 0.4) is 0 Å². The molecule has 0 radical (unpaired) electrons. The lowest BCUT2D eigenvalue weighted by Gasteiger charge is -2.12. The third kappa shape index (κ3) is 4.97. The van der Waals surface area contributed by atoms with Crippen molar-refractivity contribution >= 4 is 50.9 Å². The van der Waals surface area contributed by atoms with Gasteiger partial charge in [-0.1, -0.05) is 45.2 Å². The van der Waals surface area contributed by atoms with Crippen LogP contribution in [-0.2, 0) is 6.42 Å². The molecular weight excluding hydrogens is 379 g/mol. The molecule has 0 saturated carbocycles. The molecule has 0 aliphatic heterocycles. The second-order valence-electron chi connectivity index (χ2n) is 4.36. The summed E-state index contributed by atoms with van der Waals surface area (Å²) in [5.41, 5.74) is 0.876. The van der Waals surface area contributed by atoms with E-state index >= 15 is 0 Å². The van der Waals surface area contributed by atoms with Crippen LogP contribution in [0.25, 0.3) is 0 Å². The van der Waals surface area contributed by atoms with E-state index in [2.05, 4.69) is 15.9 Å². The summed E-state index contributed by atoms with van der Waals surface area (Å²) in [7, 11) is 0. The molecule has 1 atom stereocenters. The van der Waals surface area contributed by atoms with E-state index in [1.165, 1.54) is 0 Å². The number of aliphatic hydroxyl groups excluding tert-OH is 1. The Hall–Kier alpha value is -0.190. The van der Waals surface area contributed by atoms with Crippen LogP contribution in [0.15, 0.2) is 51.8 Å². The van der Waals surface area contributed by atoms with Crippen molar-refractivity contribution in [2.75, 3.05) is 5.75 Å². The average Bonchev–Trinajstić information content (AvgIpc) is 2.41. The first-order chi connectivity index (χ1) is 9.54. The molecule has 0 aromatic heterocycles. The molecule has 1 unspecified atom stereocenters. The lowest BCUT2D eigenvalue weighted by atomic mass is 10.1. The average molecular weight is 392 g/mol. The Balaban J connectivity index is 1.92. The summed E-state index contributed by atoms with van der Waals surface area (Å²) in [6, 6.07) is 13.3. The summed E-state index contributed by atoms with van der Waals surface area (Å²) in [4.78, 5) is 1.12. The van der Waals surface area contributed by atoms with Crippen LogP contribution < -0.4 is 0 Å². The fourth-order valence-corrected chi connectivity index (χ4v) is 3.59. The van der Waals surface area contributed by atoms with Crippen molar-refractivity contribution < 1.29 is 5.11 Å². The van der Waals surface area contributed by atoms with Crippen LogP contribution in [0.4, 0.5) is 0 Å². The summed E-state index contributed by atoms with van der Waals surface area (Å²) < 4.78 is 1.04. The maximum Gasteiger partial charge on any atom is 0.0674 e. The number of benzene rings is 2. The third-order valence-corrected chi connectivity index (χ3v) is 4.94. The van der Waals surface area contributed by atoms with Gasteiger partial charge in [-0.2, -0.15) is 0 Å². The van der Waals surface area contributed by atoms with Crippen molar-refractivity contribution in [3.8, 4) is 0 Å². The van der Waals surface area contributed by atoms with E-state index in [4.69, 9.17) is 23.2 Å². The fourth-order valence-electron chi connectivity index (χ4n) is 1.76. The molecule has 20 heavy (non-hydrogen) atoms. The summed E-state index contributed by atoms with van der Waals surface area (Å²) in [6.45, 7) is 0. The summed E-state index contributed by atoms with van der Waals surface area (Å²) in [5, 5.41) is 11.4. The molecule has 0 aliphatic rings. The van der Waals surface area contributed by atoms with Crippen LogP contribution in [0.1, 0.15) is 5.56 Å². The Kier molecular flexibility index (Phi) is 6.24. The van der Waals surface area contributed by atoms with Crippen molar-refractivity contribution in [3.63, 3.8) is 0 Å². The topological polar surface area (TPSA) is 20.2 Å². The molecule has 2 aromatic carbocycles. The van der Waals surface area contributed by atoms with Gasteiger partial charge in [-0.05, 0) is 42.0 Å². The van der Waals surface area contributed by atoms with Crippen molar-refractivity contribution in [3.05, 3.63) is 62.5 Å². The molecule has 2 rings (SSSR count). The highest BCUT2D eigenvalue weighted by molar-refractivity contribution is 9.10. The van der Waals surface area contributed by atoms with E-state index < -0.39 is 6.10 Å². The van der Waals surface area contributed by atoms with Crippen molar-refractivity contribution in [2.24, 2.45) is 0 Å². The standard InChI is InChI=1S/C15H13BrCl2OS/c16-11-2-1-3-14(8-11)20-9-13(19)7-10-6-12(17)4-5-15(10)18/h1-6,8,13,19H,7,9H2. The number of hydrogen-bond acceptors (Lipinski definition) is 2. The van der Waals surface area contributed by atoms with Gasteiger partial charge >= 0.3 is 0 Å². The Morgan fingerprint density at radius 1 is 1.15 bits per heavy atom. The maximum atomic E-state index is 10.1. The van der Waals surface area contributed by atoms with Crippen LogP contribution in [0.5, 0.6) is 0 Å². The monoisotopic (exact) mass is 390 g/mol. The Bertz CT molecular complexity index is 592. The smallest absolute Gasteiger partial charge is 0.0674 e. The Morgan fingerprint density at radius 3 is 2.70 bits per heavy atom. The van der Waals surface area contributed by atoms with E-state index in [1.54, 1.807) is 30.0 Å². The van der Waals surface area contributed by atoms with E-state index in [9.17, 15) is 5.11 Å². The maximum absolute atomic E-state index is 10.1. The zero-order valence-corrected chi connectivity index (χ0v) is 14.4. The lowest BCUT2D eigenvalue weighted by molar-refractivity contribution is 0.200. The molecule has 1 nitrogen and oxygen atoms in total. The second kappa shape index (κ2) is 7.71. The van der Waals surface area contributed by atoms with Gasteiger partial charge in [0.25, 0.3) is 0 Å². The summed E-state index contributed by atoms with van der Waals surface area (Å²) in [6.07, 6.45) is 0.0374. The molecule has 0 amide bonds. The van der Waals surface area contributed by atoms with Gasteiger partial charge < -0.3 is 5.11 Å².